The molecule has 0 N–H and O–H groups in total. The monoisotopic (exact) mass is 436 g/mol. The Balaban J connectivity index is 0.00000117. The molecular formula is C22H35F3O3S. The topological polar surface area (TPSA) is 43.4 Å². The van der Waals surface area contributed by atoms with Gasteiger partial charge in [0.25, 0.3) is 0 Å². The van der Waals surface area contributed by atoms with Gasteiger partial charge in [-0.3, -0.25) is 0 Å². The molecular weight excluding hydrogens is 401 g/mol. The van der Waals surface area contributed by atoms with E-state index < -0.39 is 21.0 Å². The lowest BCUT2D eigenvalue weighted by Crippen LogP contribution is -2.52. The second kappa shape index (κ2) is 7.76. The van der Waals surface area contributed by atoms with Crippen LogP contribution in [0.15, 0.2) is 11.8 Å². The highest BCUT2D eigenvalue weighted by Crippen LogP contribution is 2.66. The first-order valence-corrected chi connectivity index (χ1v) is 12.6. The molecule has 3 nitrogen and oxygen atoms in total. The second-order valence-corrected chi connectivity index (χ2v) is 11.2. The molecule has 0 amide bonds. The highest BCUT2D eigenvalue weighted by atomic mass is 32.2. The highest BCUT2D eigenvalue weighted by molar-refractivity contribution is 7.87. The third-order valence-electron chi connectivity index (χ3n) is 8.58. The summed E-state index contributed by atoms with van der Waals surface area (Å²) in [6.45, 7) is 8.35. The van der Waals surface area contributed by atoms with Gasteiger partial charge in [0.2, 0.25) is 0 Å². The van der Waals surface area contributed by atoms with Crippen LogP contribution in [0.3, 0.4) is 0 Å². The van der Waals surface area contributed by atoms with Crippen molar-refractivity contribution >= 4 is 10.1 Å². The molecule has 4 rings (SSSR count). The quantitative estimate of drug-likeness (QED) is 0.353. The molecule has 3 saturated carbocycles. The Morgan fingerprint density at radius 3 is 2.34 bits per heavy atom. The van der Waals surface area contributed by atoms with E-state index in [0.29, 0.717) is 30.1 Å². The Morgan fingerprint density at radius 2 is 1.69 bits per heavy atom. The van der Waals surface area contributed by atoms with Crippen LogP contribution in [0.1, 0.15) is 85.5 Å². The molecule has 6 unspecified atom stereocenters. The Hall–Kier alpha value is -0.720. The van der Waals surface area contributed by atoms with Crippen LogP contribution in [0.4, 0.5) is 13.2 Å². The van der Waals surface area contributed by atoms with Crippen molar-refractivity contribution in [2.45, 2.75) is 91.0 Å². The fourth-order valence-electron chi connectivity index (χ4n) is 7.12. The molecule has 0 aromatic carbocycles. The van der Waals surface area contributed by atoms with Crippen LogP contribution in [-0.4, -0.2) is 13.9 Å². The normalized spacial score (nSPS) is 41.8. The Morgan fingerprint density at radius 1 is 1.00 bits per heavy atom. The van der Waals surface area contributed by atoms with Gasteiger partial charge in [-0.05, 0) is 80.1 Å². The van der Waals surface area contributed by atoms with E-state index >= 15 is 0 Å². The van der Waals surface area contributed by atoms with E-state index in [0.717, 1.165) is 18.8 Å². The lowest BCUT2D eigenvalue weighted by atomic mass is 9.45. The van der Waals surface area contributed by atoms with Gasteiger partial charge in [-0.25, -0.2) is 0 Å². The van der Waals surface area contributed by atoms with Crippen LogP contribution in [0, 0.1) is 34.5 Å². The highest BCUT2D eigenvalue weighted by Gasteiger charge is 2.60. The molecule has 0 aromatic heterocycles. The minimum atomic E-state index is -5.60. The van der Waals surface area contributed by atoms with Crippen LogP contribution in [0.25, 0.3) is 0 Å². The molecule has 4 aliphatic rings. The van der Waals surface area contributed by atoms with Gasteiger partial charge >= 0.3 is 15.6 Å². The van der Waals surface area contributed by atoms with Crippen LogP contribution in [0.5, 0.6) is 0 Å². The number of hydrogen-bond acceptors (Lipinski definition) is 3. The molecule has 7 heteroatoms. The molecule has 0 radical (unpaired) electrons. The first-order valence-electron chi connectivity index (χ1n) is 11.2. The molecule has 3 fully saturated rings. The second-order valence-electron chi connectivity index (χ2n) is 9.65. The van der Waals surface area contributed by atoms with Gasteiger partial charge in [-0.15, -0.1) is 0 Å². The number of fused-ring (bicyclic) bond motifs is 5. The van der Waals surface area contributed by atoms with Crippen LogP contribution in [-0.2, 0) is 14.3 Å². The summed E-state index contributed by atoms with van der Waals surface area (Å²) < 4.78 is 66.2. The minimum absolute atomic E-state index is 0.0270. The average Bonchev–Trinajstić information content (AvgIpc) is 2.98. The van der Waals surface area contributed by atoms with E-state index in [9.17, 15) is 21.6 Å². The van der Waals surface area contributed by atoms with E-state index in [4.69, 9.17) is 0 Å². The van der Waals surface area contributed by atoms with Gasteiger partial charge < -0.3 is 4.18 Å². The van der Waals surface area contributed by atoms with Crippen LogP contribution < -0.4 is 0 Å². The summed E-state index contributed by atoms with van der Waals surface area (Å²) in [6, 6.07) is 0. The molecule has 0 spiro atoms. The average molecular weight is 437 g/mol. The summed E-state index contributed by atoms with van der Waals surface area (Å²) in [7, 11) is -5.60. The predicted octanol–water partition coefficient (Wildman–Crippen LogP) is 6.81. The fourth-order valence-corrected chi connectivity index (χ4v) is 7.71. The van der Waals surface area contributed by atoms with Crippen molar-refractivity contribution in [3.63, 3.8) is 0 Å². The minimum Gasteiger partial charge on any atom is -0.380 e. The van der Waals surface area contributed by atoms with Crippen LogP contribution in [0.2, 0.25) is 0 Å². The number of alkyl halides is 3. The van der Waals surface area contributed by atoms with Crippen molar-refractivity contribution in [2.75, 3.05) is 0 Å². The van der Waals surface area contributed by atoms with Crippen molar-refractivity contribution in [1.29, 1.82) is 0 Å². The first kappa shape index (κ1) is 23.0. The maximum atomic E-state index is 12.8. The van der Waals surface area contributed by atoms with Gasteiger partial charge in [0.05, 0.1) is 0 Å². The number of rotatable bonds is 2. The zero-order chi connectivity index (χ0) is 21.7. The van der Waals surface area contributed by atoms with Crippen LogP contribution >= 0.6 is 0 Å². The van der Waals surface area contributed by atoms with E-state index in [1.165, 1.54) is 32.1 Å². The maximum Gasteiger partial charge on any atom is 0.534 e. The van der Waals surface area contributed by atoms with Crippen molar-refractivity contribution in [3.05, 3.63) is 11.8 Å². The Bertz CT molecular complexity index is 745. The summed E-state index contributed by atoms with van der Waals surface area (Å²) in [5.41, 5.74) is -5.64. The molecule has 168 valence electrons. The number of halogens is 3. The Kier molecular flexibility index (Phi) is 6.14. The fraction of sp³-hybridized carbons (Fsp3) is 0.909. The third-order valence-corrected chi connectivity index (χ3v) is 9.54. The van der Waals surface area contributed by atoms with Crippen molar-refractivity contribution in [3.8, 4) is 0 Å². The SMILES string of the molecule is CC.CC12CCC3C(CCC4CCCCC43C)C1CC=C2OS(=O)(=O)C(F)(F)F. The smallest absolute Gasteiger partial charge is 0.380 e. The van der Waals surface area contributed by atoms with Gasteiger partial charge in [0.1, 0.15) is 5.76 Å². The summed E-state index contributed by atoms with van der Waals surface area (Å²) in [5.74, 6) is 2.04. The number of hydrogen-bond donors (Lipinski definition) is 0. The lowest BCUT2D eigenvalue weighted by Gasteiger charge is -2.60. The first-order chi connectivity index (χ1) is 13.5. The van der Waals surface area contributed by atoms with E-state index in [1.807, 2.05) is 20.8 Å². The maximum absolute atomic E-state index is 12.8. The van der Waals surface area contributed by atoms with Crippen molar-refractivity contribution < 1.29 is 25.8 Å². The molecule has 4 aliphatic carbocycles. The summed E-state index contributed by atoms with van der Waals surface area (Å²) >= 11 is 0. The summed E-state index contributed by atoms with van der Waals surface area (Å²) in [6.07, 6.45) is 11.4. The standard InChI is InChI=1S/C20H29F3O3S.C2H6/c1-18-11-4-3-5-13(18)6-7-14-15-8-9-17(19(15,2)12-10-16(14)18)26-27(24,25)20(21,22)23;1-2/h9,13-16H,3-8,10-12H2,1-2H3;1-2H3. The summed E-state index contributed by atoms with van der Waals surface area (Å²) in [5, 5.41) is 0. The van der Waals surface area contributed by atoms with Gasteiger partial charge in [-0.2, -0.15) is 21.6 Å². The zero-order valence-electron chi connectivity index (χ0n) is 18.0. The molecule has 0 aliphatic heterocycles. The van der Waals surface area contributed by atoms with Crippen molar-refractivity contribution in [1.82, 2.24) is 0 Å². The predicted molar refractivity (Wildman–Crippen MR) is 107 cm³/mol. The van der Waals surface area contributed by atoms with E-state index in [-0.39, 0.29) is 11.7 Å². The molecule has 0 saturated heterocycles. The molecule has 6 atom stereocenters. The molecule has 0 aromatic rings. The lowest BCUT2D eigenvalue weighted by molar-refractivity contribution is -0.104. The summed E-state index contributed by atoms with van der Waals surface area (Å²) in [4.78, 5) is 0. The van der Waals surface area contributed by atoms with Crippen molar-refractivity contribution in [2.24, 2.45) is 34.5 Å². The third kappa shape index (κ3) is 3.63. The molecule has 0 bridgehead atoms. The van der Waals surface area contributed by atoms with Gasteiger partial charge in [0.15, 0.2) is 0 Å². The zero-order valence-corrected chi connectivity index (χ0v) is 18.8. The van der Waals surface area contributed by atoms with Gasteiger partial charge in [0, 0.05) is 5.41 Å². The van der Waals surface area contributed by atoms with E-state index in [2.05, 4.69) is 11.1 Å². The molecule has 0 heterocycles. The Labute approximate surface area is 173 Å². The van der Waals surface area contributed by atoms with Gasteiger partial charge in [-0.1, -0.05) is 40.5 Å². The molecule has 29 heavy (non-hydrogen) atoms. The number of allylic oxidation sites excluding steroid dienone is 2. The van der Waals surface area contributed by atoms with E-state index in [1.54, 1.807) is 6.08 Å². The largest absolute Gasteiger partial charge is 0.534 e.